The normalized spacial score (nSPS) is 15.0. The Morgan fingerprint density at radius 1 is 1.29 bits per heavy atom. The van der Waals surface area contributed by atoms with Crippen LogP contribution in [0.15, 0.2) is 18.2 Å². The van der Waals surface area contributed by atoms with Crippen molar-refractivity contribution in [2.75, 3.05) is 37.7 Å². The number of carboxylic acid groups (broad SMARTS) is 1. The van der Waals surface area contributed by atoms with E-state index >= 15 is 0 Å². The molecule has 1 heterocycles. The summed E-state index contributed by atoms with van der Waals surface area (Å²) in [5.74, 6) is -0.450. The highest BCUT2D eigenvalue weighted by molar-refractivity contribution is 6.33. The number of ether oxygens (including phenoxy) is 1. The second kappa shape index (κ2) is 6.67. The molecular formula is C14H17ClN2O4. The summed E-state index contributed by atoms with van der Waals surface area (Å²) in [5, 5.41) is 9.28. The van der Waals surface area contributed by atoms with Crippen LogP contribution in [0.1, 0.15) is 17.3 Å². The van der Waals surface area contributed by atoms with Crippen LogP contribution in [0.2, 0.25) is 5.02 Å². The number of amides is 1. The highest BCUT2D eigenvalue weighted by atomic mass is 35.5. The van der Waals surface area contributed by atoms with Crippen molar-refractivity contribution in [1.82, 2.24) is 4.90 Å². The van der Waals surface area contributed by atoms with Crippen LogP contribution in [-0.2, 0) is 4.74 Å². The zero-order valence-corrected chi connectivity index (χ0v) is 12.5. The molecule has 1 saturated heterocycles. The van der Waals surface area contributed by atoms with Crippen molar-refractivity contribution in [3.8, 4) is 0 Å². The molecule has 114 valence electrons. The van der Waals surface area contributed by atoms with Crippen LogP contribution in [-0.4, -0.2) is 54.9 Å². The van der Waals surface area contributed by atoms with Crippen molar-refractivity contribution in [3.05, 3.63) is 28.8 Å². The average Bonchev–Trinajstić information content (AvgIpc) is 2.48. The predicted octanol–water partition coefficient (Wildman–Crippen LogP) is 2.32. The molecule has 7 heteroatoms. The van der Waals surface area contributed by atoms with Gasteiger partial charge in [-0.1, -0.05) is 11.6 Å². The minimum Gasteiger partial charge on any atom is -0.465 e. The molecule has 21 heavy (non-hydrogen) atoms. The van der Waals surface area contributed by atoms with E-state index in [1.807, 2.05) is 11.0 Å². The number of halogens is 1. The van der Waals surface area contributed by atoms with Gasteiger partial charge in [-0.2, -0.15) is 0 Å². The highest BCUT2D eigenvalue weighted by Gasteiger charge is 2.22. The molecule has 1 amide bonds. The van der Waals surface area contributed by atoms with E-state index in [0.717, 1.165) is 5.69 Å². The van der Waals surface area contributed by atoms with Crippen LogP contribution in [0.3, 0.4) is 0 Å². The van der Waals surface area contributed by atoms with E-state index in [4.69, 9.17) is 21.4 Å². The predicted molar refractivity (Wildman–Crippen MR) is 79.2 cm³/mol. The fourth-order valence-corrected chi connectivity index (χ4v) is 2.43. The van der Waals surface area contributed by atoms with Gasteiger partial charge in [0.15, 0.2) is 0 Å². The second-order valence-corrected chi connectivity index (χ2v) is 5.05. The molecule has 0 bridgehead atoms. The summed E-state index contributed by atoms with van der Waals surface area (Å²) in [4.78, 5) is 26.1. The Bertz CT molecular complexity index is 542. The van der Waals surface area contributed by atoms with Gasteiger partial charge in [0.2, 0.25) is 0 Å². The molecule has 0 saturated carbocycles. The van der Waals surface area contributed by atoms with Crippen molar-refractivity contribution in [2.45, 2.75) is 6.92 Å². The van der Waals surface area contributed by atoms with Gasteiger partial charge in [0.25, 0.3) is 0 Å². The number of benzene rings is 1. The first kappa shape index (κ1) is 15.4. The lowest BCUT2D eigenvalue weighted by atomic mass is 10.1. The van der Waals surface area contributed by atoms with E-state index in [1.165, 1.54) is 4.90 Å². The number of carbonyl (C=O) groups is 2. The zero-order chi connectivity index (χ0) is 15.4. The molecule has 1 fully saturated rings. The number of anilines is 1. The van der Waals surface area contributed by atoms with E-state index in [2.05, 4.69) is 0 Å². The Morgan fingerprint density at radius 3 is 2.52 bits per heavy atom. The Morgan fingerprint density at radius 2 is 1.95 bits per heavy atom. The average molecular weight is 313 g/mol. The molecule has 1 aliphatic rings. The third kappa shape index (κ3) is 3.58. The molecule has 6 nitrogen and oxygen atoms in total. The van der Waals surface area contributed by atoms with Crippen LogP contribution in [0, 0.1) is 0 Å². The van der Waals surface area contributed by atoms with Crippen LogP contribution in [0.25, 0.3) is 0 Å². The Kier molecular flexibility index (Phi) is 4.90. The Labute approximate surface area is 127 Å². The number of nitrogens with zero attached hydrogens (tertiary/aromatic N) is 2. The summed E-state index contributed by atoms with van der Waals surface area (Å²) in [6.07, 6.45) is -0.905. The first-order valence-electron chi connectivity index (χ1n) is 6.72. The lowest BCUT2D eigenvalue weighted by Gasteiger charge is -2.34. The zero-order valence-electron chi connectivity index (χ0n) is 11.7. The van der Waals surface area contributed by atoms with Gasteiger partial charge in [-0.05, 0) is 25.1 Å². The SMILES string of the molecule is CCOC(=O)c1cc(N2CCN(C(=O)O)CC2)ccc1Cl. The van der Waals surface area contributed by atoms with Gasteiger partial charge in [-0.3, -0.25) is 0 Å². The van der Waals surface area contributed by atoms with E-state index in [-0.39, 0.29) is 6.61 Å². The first-order chi connectivity index (χ1) is 10.0. The van der Waals surface area contributed by atoms with Crippen molar-refractivity contribution in [1.29, 1.82) is 0 Å². The maximum absolute atomic E-state index is 11.8. The summed E-state index contributed by atoms with van der Waals surface area (Å²) < 4.78 is 4.97. The number of piperazine rings is 1. The van der Waals surface area contributed by atoms with Crippen molar-refractivity contribution < 1.29 is 19.4 Å². The number of carbonyl (C=O) groups excluding carboxylic acids is 1. The molecule has 2 rings (SSSR count). The maximum atomic E-state index is 11.8. The maximum Gasteiger partial charge on any atom is 0.407 e. The van der Waals surface area contributed by atoms with Gasteiger partial charge in [-0.25, -0.2) is 9.59 Å². The number of hydrogen-bond acceptors (Lipinski definition) is 4. The van der Waals surface area contributed by atoms with Crippen LogP contribution in [0.4, 0.5) is 10.5 Å². The summed E-state index contributed by atoms with van der Waals surface area (Å²) in [6, 6.07) is 5.17. The molecule has 1 aromatic rings. The van der Waals surface area contributed by atoms with E-state index in [1.54, 1.807) is 19.1 Å². The monoisotopic (exact) mass is 312 g/mol. The molecule has 1 N–H and O–H groups in total. The molecular weight excluding hydrogens is 296 g/mol. The lowest BCUT2D eigenvalue weighted by Crippen LogP contribution is -2.48. The van der Waals surface area contributed by atoms with Gasteiger partial charge in [0.1, 0.15) is 0 Å². The second-order valence-electron chi connectivity index (χ2n) is 4.64. The highest BCUT2D eigenvalue weighted by Crippen LogP contribution is 2.25. The molecule has 0 aliphatic carbocycles. The minimum absolute atomic E-state index is 0.288. The smallest absolute Gasteiger partial charge is 0.407 e. The topological polar surface area (TPSA) is 70.1 Å². The van der Waals surface area contributed by atoms with E-state index < -0.39 is 12.1 Å². The van der Waals surface area contributed by atoms with Gasteiger partial charge < -0.3 is 19.6 Å². The molecule has 1 aliphatic heterocycles. The van der Waals surface area contributed by atoms with E-state index in [9.17, 15) is 9.59 Å². The van der Waals surface area contributed by atoms with Gasteiger partial charge in [0, 0.05) is 31.9 Å². The third-order valence-corrected chi connectivity index (χ3v) is 3.69. The number of rotatable bonds is 3. The molecule has 0 aromatic heterocycles. The van der Waals surface area contributed by atoms with Crippen LogP contribution in [0.5, 0.6) is 0 Å². The molecule has 0 spiro atoms. The first-order valence-corrected chi connectivity index (χ1v) is 7.10. The van der Waals surface area contributed by atoms with Crippen LogP contribution < -0.4 is 4.90 Å². The summed E-state index contributed by atoms with van der Waals surface area (Å²) in [5.41, 5.74) is 1.17. The molecule has 0 atom stereocenters. The van der Waals surface area contributed by atoms with Crippen molar-refractivity contribution in [2.24, 2.45) is 0 Å². The van der Waals surface area contributed by atoms with Gasteiger partial charge in [0.05, 0.1) is 17.2 Å². The number of hydrogen-bond donors (Lipinski definition) is 1. The summed E-state index contributed by atoms with van der Waals surface area (Å²) in [7, 11) is 0. The largest absolute Gasteiger partial charge is 0.465 e. The fraction of sp³-hybridized carbons (Fsp3) is 0.429. The lowest BCUT2D eigenvalue weighted by molar-refractivity contribution is 0.0526. The molecule has 1 aromatic carbocycles. The number of esters is 1. The summed E-state index contributed by atoms with van der Waals surface area (Å²) in [6.45, 7) is 4.06. The Balaban J connectivity index is 2.13. The molecule has 0 unspecified atom stereocenters. The third-order valence-electron chi connectivity index (χ3n) is 3.36. The Hall–Kier alpha value is -1.95. The van der Waals surface area contributed by atoms with Gasteiger partial charge in [-0.15, -0.1) is 0 Å². The summed E-state index contributed by atoms with van der Waals surface area (Å²) >= 11 is 6.03. The van der Waals surface area contributed by atoms with Crippen LogP contribution >= 0.6 is 11.6 Å². The van der Waals surface area contributed by atoms with E-state index in [0.29, 0.717) is 36.8 Å². The standard InChI is InChI=1S/C14H17ClN2O4/c1-2-21-13(18)11-9-10(3-4-12(11)15)16-5-7-17(8-6-16)14(19)20/h3-4,9H,2,5-8H2,1H3,(H,19,20). The van der Waals surface area contributed by atoms with Gasteiger partial charge >= 0.3 is 12.1 Å². The molecule has 0 radical (unpaired) electrons. The minimum atomic E-state index is -0.905. The fourth-order valence-electron chi connectivity index (χ4n) is 2.23. The van der Waals surface area contributed by atoms with Crippen molar-refractivity contribution >= 4 is 29.4 Å². The van der Waals surface area contributed by atoms with Crippen molar-refractivity contribution in [3.63, 3.8) is 0 Å². The quantitative estimate of drug-likeness (QED) is 0.867.